The zero-order chi connectivity index (χ0) is 15.0. The minimum atomic E-state index is 0.0327. The maximum Gasteiger partial charge on any atom is 0.257 e. The summed E-state index contributed by atoms with van der Waals surface area (Å²) in [5, 5.41) is 3.29. The largest absolute Gasteiger partial charge is 0.384 e. The van der Waals surface area contributed by atoms with Gasteiger partial charge in [-0.2, -0.15) is 11.8 Å². The Bertz CT molecular complexity index is 425. The third-order valence-electron chi connectivity index (χ3n) is 3.34. The predicted molar refractivity (Wildman–Crippen MR) is 87.6 cm³/mol. The average molecular weight is 295 g/mol. The van der Waals surface area contributed by atoms with Crippen LogP contribution in [-0.4, -0.2) is 47.4 Å². The molecule has 0 aliphatic carbocycles. The fraction of sp³-hybridized carbons (Fsp3) is 0.600. The minimum absolute atomic E-state index is 0.0327. The number of carbonyl (C=O) groups excluding carboxylic acids is 1. The van der Waals surface area contributed by atoms with E-state index in [1.165, 1.54) is 0 Å². The van der Waals surface area contributed by atoms with Crippen molar-refractivity contribution in [1.29, 1.82) is 0 Å². The summed E-state index contributed by atoms with van der Waals surface area (Å²) in [6.07, 6.45) is 7.48. The molecule has 1 atom stereocenters. The Balaban J connectivity index is 2.80. The topological polar surface area (TPSA) is 45.2 Å². The van der Waals surface area contributed by atoms with E-state index in [2.05, 4.69) is 30.4 Å². The highest BCUT2D eigenvalue weighted by atomic mass is 32.2. The normalized spacial score (nSPS) is 12.0. The van der Waals surface area contributed by atoms with Gasteiger partial charge in [-0.1, -0.05) is 6.92 Å². The number of hydrogen-bond acceptors (Lipinski definition) is 4. The van der Waals surface area contributed by atoms with E-state index < -0.39 is 0 Å². The zero-order valence-corrected chi connectivity index (χ0v) is 13.7. The second-order valence-corrected chi connectivity index (χ2v) is 5.88. The van der Waals surface area contributed by atoms with Gasteiger partial charge in [0.1, 0.15) is 0 Å². The summed E-state index contributed by atoms with van der Waals surface area (Å²) in [6.45, 7) is 5.05. The first-order valence-electron chi connectivity index (χ1n) is 7.05. The highest BCUT2D eigenvalue weighted by Gasteiger charge is 2.19. The number of pyridine rings is 1. The van der Waals surface area contributed by atoms with Gasteiger partial charge in [0.2, 0.25) is 0 Å². The lowest BCUT2D eigenvalue weighted by Crippen LogP contribution is -2.36. The van der Waals surface area contributed by atoms with Crippen LogP contribution in [0.1, 0.15) is 37.0 Å². The Labute approximate surface area is 126 Å². The maximum atomic E-state index is 12.6. The number of carbonyl (C=O) groups is 1. The Kier molecular flexibility index (Phi) is 7.44. The molecule has 112 valence electrons. The molecule has 0 aliphatic heterocycles. The summed E-state index contributed by atoms with van der Waals surface area (Å²) in [7, 11) is 1.87. The lowest BCUT2D eigenvalue weighted by atomic mass is 10.1. The van der Waals surface area contributed by atoms with Gasteiger partial charge in [-0.05, 0) is 37.8 Å². The Hall–Kier alpha value is -1.23. The summed E-state index contributed by atoms with van der Waals surface area (Å²) in [4.78, 5) is 18.5. The fourth-order valence-corrected chi connectivity index (χ4v) is 2.43. The molecule has 0 saturated carbocycles. The molecular formula is C15H25N3OS. The van der Waals surface area contributed by atoms with Crippen molar-refractivity contribution in [2.24, 2.45) is 0 Å². The van der Waals surface area contributed by atoms with Crippen LogP contribution >= 0.6 is 11.8 Å². The lowest BCUT2D eigenvalue weighted by Gasteiger charge is -2.25. The molecule has 0 aromatic carbocycles. The van der Waals surface area contributed by atoms with Gasteiger partial charge in [0.25, 0.3) is 5.91 Å². The van der Waals surface area contributed by atoms with Gasteiger partial charge in [-0.3, -0.25) is 9.78 Å². The molecule has 1 aromatic rings. The van der Waals surface area contributed by atoms with Gasteiger partial charge in [-0.15, -0.1) is 0 Å². The van der Waals surface area contributed by atoms with Crippen LogP contribution in [-0.2, 0) is 0 Å². The maximum absolute atomic E-state index is 12.6. The van der Waals surface area contributed by atoms with Crippen LogP contribution < -0.4 is 5.32 Å². The highest BCUT2D eigenvalue weighted by molar-refractivity contribution is 7.98. The van der Waals surface area contributed by atoms with Crippen LogP contribution in [0.5, 0.6) is 0 Å². The van der Waals surface area contributed by atoms with Gasteiger partial charge in [0.05, 0.1) is 11.3 Å². The Morgan fingerprint density at radius 1 is 1.55 bits per heavy atom. The smallest absolute Gasteiger partial charge is 0.257 e. The molecule has 1 amide bonds. The van der Waals surface area contributed by atoms with E-state index in [1.807, 2.05) is 18.0 Å². The molecule has 0 fully saturated rings. The fourth-order valence-electron chi connectivity index (χ4n) is 1.85. The summed E-state index contributed by atoms with van der Waals surface area (Å²) in [5.41, 5.74) is 1.52. The number of hydrogen-bond donors (Lipinski definition) is 1. The summed E-state index contributed by atoms with van der Waals surface area (Å²) < 4.78 is 0. The lowest BCUT2D eigenvalue weighted by molar-refractivity contribution is 0.0742. The van der Waals surface area contributed by atoms with Crippen molar-refractivity contribution in [2.75, 3.05) is 30.9 Å². The second kappa shape index (κ2) is 8.84. The number of nitrogens with one attached hydrogen (secondary N) is 1. The molecule has 20 heavy (non-hydrogen) atoms. The highest BCUT2D eigenvalue weighted by Crippen LogP contribution is 2.17. The van der Waals surface area contributed by atoms with E-state index in [1.54, 1.807) is 24.2 Å². The van der Waals surface area contributed by atoms with Gasteiger partial charge < -0.3 is 10.2 Å². The monoisotopic (exact) mass is 295 g/mol. The van der Waals surface area contributed by atoms with Crippen LogP contribution in [0.15, 0.2) is 18.5 Å². The number of nitrogens with zero attached hydrogens (tertiary/aromatic N) is 2. The molecule has 0 aliphatic rings. The standard InChI is InChI=1S/C15H25N3OS/c1-5-8-17-14-6-9-16-11-13(14)15(19)18(3)12(2)7-10-20-4/h6,9,11-12H,5,7-8,10H2,1-4H3,(H,16,17). The molecule has 1 rings (SSSR count). The Morgan fingerprint density at radius 3 is 2.95 bits per heavy atom. The van der Waals surface area contributed by atoms with Gasteiger partial charge in [-0.25, -0.2) is 0 Å². The quantitative estimate of drug-likeness (QED) is 0.800. The first-order valence-corrected chi connectivity index (χ1v) is 8.45. The van der Waals surface area contributed by atoms with Crippen LogP contribution in [0, 0.1) is 0 Å². The minimum Gasteiger partial charge on any atom is -0.384 e. The molecule has 1 heterocycles. The average Bonchev–Trinajstić information content (AvgIpc) is 2.49. The number of thioether (sulfide) groups is 1. The van der Waals surface area contributed by atoms with Crippen molar-refractivity contribution in [3.63, 3.8) is 0 Å². The van der Waals surface area contributed by atoms with Crippen molar-refractivity contribution in [2.45, 2.75) is 32.7 Å². The molecule has 4 nitrogen and oxygen atoms in total. The molecule has 1 unspecified atom stereocenters. The van der Waals surface area contributed by atoms with E-state index in [0.29, 0.717) is 5.56 Å². The third-order valence-corrected chi connectivity index (χ3v) is 3.98. The zero-order valence-electron chi connectivity index (χ0n) is 12.8. The molecule has 5 heteroatoms. The van der Waals surface area contributed by atoms with Crippen molar-refractivity contribution < 1.29 is 4.79 Å². The molecule has 0 spiro atoms. The van der Waals surface area contributed by atoms with Crippen LogP contribution in [0.3, 0.4) is 0 Å². The van der Waals surface area contributed by atoms with E-state index in [0.717, 1.165) is 30.8 Å². The second-order valence-electron chi connectivity index (χ2n) is 4.89. The summed E-state index contributed by atoms with van der Waals surface area (Å²) in [5.74, 6) is 1.09. The third kappa shape index (κ3) is 4.71. The first kappa shape index (κ1) is 16.8. The number of amides is 1. The van der Waals surface area contributed by atoms with Crippen molar-refractivity contribution in [3.05, 3.63) is 24.0 Å². The molecule has 1 N–H and O–H groups in total. The molecular weight excluding hydrogens is 270 g/mol. The molecule has 0 saturated heterocycles. The van der Waals surface area contributed by atoms with Crippen molar-refractivity contribution in [1.82, 2.24) is 9.88 Å². The van der Waals surface area contributed by atoms with Crippen molar-refractivity contribution >= 4 is 23.4 Å². The molecule has 0 radical (unpaired) electrons. The predicted octanol–water partition coefficient (Wildman–Crippen LogP) is 3.12. The van der Waals surface area contributed by atoms with E-state index >= 15 is 0 Å². The first-order chi connectivity index (χ1) is 9.61. The summed E-state index contributed by atoms with van der Waals surface area (Å²) >= 11 is 1.81. The Morgan fingerprint density at radius 2 is 2.30 bits per heavy atom. The number of rotatable bonds is 8. The van der Waals surface area contributed by atoms with Crippen LogP contribution in [0.2, 0.25) is 0 Å². The molecule has 0 bridgehead atoms. The summed E-state index contributed by atoms with van der Waals surface area (Å²) in [6, 6.07) is 2.10. The number of aromatic nitrogens is 1. The van der Waals surface area contributed by atoms with Crippen LogP contribution in [0.4, 0.5) is 5.69 Å². The van der Waals surface area contributed by atoms with E-state index in [-0.39, 0.29) is 11.9 Å². The van der Waals surface area contributed by atoms with Gasteiger partial charge in [0, 0.05) is 32.0 Å². The van der Waals surface area contributed by atoms with E-state index in [4.69, 9.17) is 0 Å². The number of anilines is 1. The van der Waals surface area contributed by atoms with Crippen molar-refractivity contribution in [3.8, 4) is 0 Å². The SMILES string of the molecule is CCCNc1ccncc1C(=O)N(C)C(C)CCSC. The van der Waals surface area contributed by atoms with Gasteiger partial charge >= 0.3 is 0 Å². The van der Waals surface area contributed by atoms with Crippen LogP contribution in [0.25, 0.3) is 0 Å². The van der Waals surface area contributed by atoms with E-state index in [9.17, 15) is 4.79 Å². The molecule has 1 aromatic heterocycles. The van der Waals surface area contributed by atoms with Gasteiger partial charge in [0.15, 0.2) is 0 Å².